The maximum atomic E-state index is 6.16. The zero-order valence-corrected chi connectivity index (χ0v) is 13.7. The molecule has 2 N–H and O–H groups in total. The number of hydrogen-bond acceptors (Lipinski definition) is 5. The first-order chi connectivity index (χ1) is 11.1. The predicted molar refractivity (Wildman–Crippen MR) is 94.0 cm³/mol. The van der Waals surface area contributed by atoms with Gasteiger partial charge in [-0.3, -0.25) is 0 Å². The summed E-state index contributed by atoms with van der Waals surface area (Å²) in [5, 5.41) is 15.1. The lowest BCUT2D eigenvalue weighted by Gasteiger charge is -2.10. The first-order valence-electron chi connectivity index (χ1n) is 6.87. The highest BCUT2D eigenvalue weighted by Gasteiger charge is 2.07. The van der Waals surface area contributed by atoms with Gasteiger partial charge in [0, 0.05) is 5.69 Å². The highest BCUT2D eigenvalue weighted by atomic mass is 35.5. The van der Waals surface area contributed by atoms with Gasteiger partial charge in [0.25, 0.3) is 0 Å². The topological polar surface area (TPSA) is 62.7 Å². The van der Waals surface area contributed by atoms with E-state index in [9.17, 15) is 0 Å². The van der Waals surface area contributed by atoms with Gasteiger partial charge in [-0.25, -0.2) is 0 Å². The summed E-state index contributed by atoms with van der Waals surface area (Å²) in [5.74, 6) is 0.905. The van der Waals surface area contributed by atoms with Gasteiger partial charge in [0.05, 0.1) is 21.9 Å². The molecule has 2 aromatic carbocycles. The Hall–Kier alpha value is -2.37. The van der Waals surface area contributed by atoms with Crippen molar-refractivity contribution in [1.29, 1.82) is 0 Å². The van der Waals surface area contributed by atoms with E-state index in [-0.39, 0.29) is 0 Å². The van der Waals surface area contributed by atoms with Crippen LogP contribution in [0.3, 0.4) is 0 Å². The molecular formula is C16H13Cl2N5. The molecule has 116 valence electrons. The second kappa shape index (κ2) is 6.81. The fourth-order valence-corrected chi connectivity index (χ4v) is 2.34. The van der Waals surface area contributed by atoms with Crippen LogP contribution in [0.4, 0.5) is 23.1 Å². The standard InChI is InChI=1S/C16H13Cl2N5/c1-10-5-2-3-7-12(10)21-16-22-14(9-19-23-16)20-13-8-4-6-11(17)15(13)18/h2-9H,1H3,(H2,20,21,22,23). The molecule has 0 aliphatic rings. The second-order valence-corrected chi connectivity index (χ2v) is 5.62. The third-order valence-corrected chi connectivity index (χ3v) is 3.98. The molecule has 7 heteroatoms. The van der Waals surface area contributed by atoms with Crippen molar-refractivity contribution in [3.63, 3.8) is 0 Å². The fraction of sp³-hybridized carbons (Fsp3) is 0.0625. The minimum absolute atomic E-state index is 0.391. The lowest BCUT2D eigenvalue weighted by atomic mass is 10.2. The molecule has 0 fully saturated rings. The van der Waals surface area contributed by atoms with Crippen molar-refractivity contribution >= 4 is 46.3 Å². The van der Waals surface area contributed by atoms with E-state index >= 15 is 0 Å². The molecule has 0 aliphatic heterocycles. The van der Waals surface area contributed by atoms with Gasteiger partial charge in [0.1, 0.15) is 0 Å². The van der Waals surface area contributed by atoms with Crippen LogP contribution in [0.5, 0.6) is 0 Å². The molecule has 0 aliphatic carbocycles. The van der Waals surface area contributed by atoms with Crippen molar-refractivity contribution in [2.24, 2.45) is 0 Å². The summed E-state index contributed by atoms with van der Waals surface area (Å²) in [4.78, 5) is 4.38. The summed E-state index contributed by atoms with van der Waals surface area (Å²) in [6.07, 6.45) is 1.51. The van der Waals surface area contributed by atoms with E-state index in [2.05, 4.69) is 25.8 Å². The van der Waals surface area contributed by atoms with Gasteiger partial charge >= 0.3 is 0 Å². The molecule has 3 aromatic rings. The maximum Gasteiger partial charge on any atom is 0.249 e. The Bertz CT molecular complexity index is 838. The average molecular weight is 346 g/mol. The van der Waals surface area contributed by atoms with E-state index in [1.807, 2.05) is 37.3 Å². The number of nitrogens with one attached hydrogen (secondary N) is 2. The number of hydrogen-bond donors (Lipinski definition) is 2. The molecule has 1 aromatic heterocycles. The van der Waals surface area contributed by atoms with Crippen LogP contribution in [0, 0.1) is 6.92 Å². The Balaban J connectivity index is 1.83. The highest BCUT2D eigenvalue weighted by Crippen LogP contribution is 2.31. The molecule has 3 rings (SSSR count). The summed E-state index contributed by atoms with van der Waals surface area (Å²) in [5.41, 5.74) is 2.67. The van der Waals surface area contributed by atoms with Gasteiger partial charge < -0.3 is 10.6 Å². The fourth-order valence-electron chi connectivity index (χ4n) is 1.99. The number of aromatic nitrogens is 3. The van der Waals surface area contributed by atoms with E-state index in [0.29, 0.717) is 27.5 Å². The molecule has 0 radical (unpaired) electrons. The van der Waals surface area contributed by atoms with Crippen LogP contribution in [0.15, 0.2) is 48.7 Å². The zero-order chi connectivity index (χ0) is 16.2. The largest absolute Gasteiger partial charge is 0.338 e. The third-order valence-electron chi connectivity index (χ3n) is 3.16. The van der Waals surface area contributed by atoms with Crippen LogP contribution in [-0.2, 0) is 0 Å². The van der Waals surface area contributed by atoms with Crippen molar-refractivity contribution in [3.8, 4) is 0 Å². The highest BCUT2D eigenvalue weighted by molar-refractivity contribution is 6.43. The third kappa shape index (κ3) is 3.70. The van der Waals surface area contributed by atoms with E-state index in [1.54, 1.807) is 12.1 Å². The van der Waals surface area contributed by atoms with Crippen LogP contribution in [0.2, 0.25) is 10.0 Å². The van der Waals surface area contributed by atoms with Crippen LogP contribution in [0.1, 0.15) is 5.56 Å². The van der Waals surface area contributed by atoms with E-state index in [1.165, 1.54) is 6.20 Å². The molecule has 0 unspecified atom stereocenters. The van der Waals surface area contributed by atoms with Crippen molar-refractivity contribution in [3.05, 3.63) is 64.3 Å². The van der Waals surface area contributed by atoms with Crippen molar-refractivity contribution in [2.75, 3.05) is 10.6 Å². The molecule has 23 heavy (non-hydrogen) atoms. The summed E-state index contributed by atoms with van der Waals surface area (Å²) in [6, 6.07) is 13.2. The number of anilines is 4. The lowest BCUT2D eigenvalue weighted by molar-refractivity contribution is 0.982. The van der Waals surface area contributed by atoms with Gasteiger partial charge in [-0.2, -0.15) is 10.1 Å². The first-order valence-corrected chi connectivity index (χ1v) is 7.62. The van der Waals surface area contributed by atoms with Crippen LogP contribution in [0.25, 0.3) is 0 Å². The summed E-state index contributed by atoms with van der Waals surface area (Å²) >= 11 is 12.2. The van der Waals surface area contributed by atoms with Gasteiger partial charge in [-0.1, -0.05) is 47.5 Å². The number of aryl methyl sites for hydroxylation is 1. The molecular weight excluding hydrogens is 333 g/mol. The Morgan fingerprint density at radius 2 is 1.70 bits per heavy atom. The Labute approximate surface area is 143 Å². The van der Waals surface area contributed by atoms with E-state index < -0.39 is 0 Å². The number of benzene rings is 2. The zero-order valence-electron chi connectivity index (χ0n) is 12.2. The van der Waals surface area contributed by atoms with Gasteiger partial charge in [0.15, 0.2) is 5.82 Å². The van der Waals surface area contributed by atoms with Gasteiger partial charge in [-0.15, -0.1) is 5.10 Å². The molecule has 0 saturated heterocycles. The van der Waals surface area contributed by atoms with Crippen molar-refractivity contribution in [1.82, 2.24) is 15.2 Å². The van der Waals surface area contributed by atoms with Crippen molar-refractivity contribution < 1.29 is 0 Å². The van der Waals surface area contributed by atoms with E-state index in [0.717, 1.165) is 11.3 Å². The first kappa shape index (κ1) is 15.5. The molecule has 0 bridgehead atoms. The lowest BCUT2D eigenvalue weighted by Crippen LogP contribution is -2.03. The molecule has 0 atom stereocenters. The monoisotopic (exact) mass is 345 g/mol. The van der Waals surface area contributed by atoms with Crippen molar-refractivity contribution in [2.45, 2.75) is 6.92 Å². The van der Waals surface area contributed by atoms with E-state index in [4.69, 9.17) is 23.2 Å². The molecule has 1 heterocycles. The number of nitrogens with zero attached hydrogens (tertiary/aromatic N) is 3. The van der Waals surface area contributed by atoms with Gasteiger partial charge in [-0.05, 0) is 30.7 Å². The maximum absolute atomic E-state index is 6.16. The number of halogens is 2. The van der Waals surface area contributed by atoms with Crippen LogP contribution in [-0.4, -0.2) is 15.2 Å². The molecule has 0 saturated carbocycles. The van der Waals surface area contributed by atoms with Crippen LogP contribution < -0.4 is 10.6 Å². The second-order valence-electron chi connectivity index (χ2n) is 4.83. The summed E-state index contributed by atoms with van der Waals surface area (Å²) in [6.45, 7) is 2.00. The Kier molecular flexibility index (Phi) is 4.60. The minimum atomic E-state index is 0.391. The minimum Gasteiger partial charge on any atom is -0.338 e. The number of para-hydroxylation sites is 1. The molecule has 5 nitrogen and oxygen atoms in total. The SMILES string of the molecule is Cc1ccccc1Nc1nncc(Nc2cccc(Cl)c2Cl)n1. The van der Waals surface area contributed by atoms with Crippen LogP contribution >= 0.6 is 23.2 Å². The Morgan fingerprint density at radius 1 is 0.913 bits per heavy atom. The Morgan fingerprint density at radius 3 is 2.52 bits per heavy atom. The average Bonchev–Trinajstić information content (AvgIpc) is 2.55. The predicted octanol–water partition coefficient (Wildman–Crippen LogP) is 4.97. The molecule has 0 amide bonds. The quantitative estimate of drug-likeness (QED) is 0.698. The normalized spacial score (nSPS) is 10.4. The number of rotatable bonds is 4. The summed E-state index contributed by atoms with van der Waals surface area (Å²) < 4.78 is 0. The summed E-state index contributed by atoms with van der Waals surface area (Å²) in [7, 11) is 0. The molecule has 0 spiro atoms. The smallest absolute Gasteiger partial charge is 0.249 e. The van der Waals surface area contributed by atoms with Gasteiger partial charge in [0.2, 0.25) is 5.95 Å².